The van der Waals surface area contributed by atoms with Crippen molar-refractivity contribution in [1.29, 1.82) is 0 Å². The fraction of sp³-hybridized carbons (Fsp3) is 0.833. The molecule has 13 heavy (non-hydrogen) atoms. The van der Waals surface area contributed by atoms with Crippen LogP contribution in [-0.2, 0) is 18.6 Å². The van der Waals surface area contributed by atoms with Gasteiger partial charge in [0.25, 0.3) is 0 Å². The van der Waals surface area contributed by atoms with Gasteiger partial charge in [0.05, 0.1) is 0 Å². The van der Waals surface area contributed by atoms with Gasteiger partial charge in [-0.15, -0.1) is 0 Å². The summed E-state index contributed by atoms with van der Waals surface area (Å²) in [6.07, 6.45) is 0.199. The fourth-order valence-electron chi connectivity index (χ4n) is 0.553. The lowest BCUT2D eigenvalue weighted by Crippen LogP contribution is -2.09. The highest BCUT2D eigenvalue weighted by molar-refractivity contribution is 7.46. The van der Waals surface area contributed by atoms with Crippen molar-refractivity contribution in [3.63, 3.8) is 0 Å². The van der Waals surface area contributed by atoms with Crippen LogP contribution in [0.15, 0.2) is 0 Å². The number of hydrogen-bond donors (Lipinski definition) is 2. The van der Waals surface area contributed by atoms with Crippen molar-refractivity contribution < 1.29 is 28.4 Å². The highest BCUT2D eigenvalue weighted by atomic mass is 31.2. The molecule has 0 unspecified atom stereocenters. The summed E-state index contributed by atoms with van der Waals surface area (Å²) in [6, 6.07) is 0. The van der Waals surface area contributed by atoms with Crippen LogP contribution in [0.3, 0.4) is 0 Å². The van der Waals surface area contributed by atoms with E-state index in [-0.39, 0.29) is 12.3 Å². The molecular formula is C6H13O6P. The van der Waals surface area contributed by atoms with E-state index in [2.05, 4.69) is 9.26 Å². The van der Waals surface area contributed by atoms with Gasteiger partial charge in [0, 0.05) is 6.42 Å². The fourth-order valence-corrected chi connectivity index (χ4v) is 0.743. The Morgan fingerprint density at radius 1 is 1.46 bits per heavy atom. The van der Waals surface area contributed by atoms with Crippen LogP contribution >= 0.6 is 7.82 Å². The summed E-state index contributed by atoms with van der Waals surface area (Å²) >= 11 is 0. The van der Waals surface area contributed by atoms with E-state index in [1.807, 2.05) is 13.8 Å². The highest BCUT2D eigenvalue weighted by Gasteiger charge is 2.15. The molecule has 0 heterocycles. The number of carbonyl (C=O) groups excluding carboxylic acids is 1. The van der Waals surface area contributed by atoms with Crippen molar-refractivity contribution in [3.8, 4) is 0 Å². The SMILES string of the molecule is CC(C)CC(=O)OCOP(=O)(O)O. The van der Waals surface area contributed by atoms with Gasteiger partial charge in [-0.3, -0.25) is 4.79 Å². The van der Waals surface area contributed by atoms with E-state index in [9.17, 15) is 9.36 Å². The first-order valence-electron chi connectivity index (χ1n) is 3.67. The molecule has 6 nitrogen and oxygen atoms in total. The molecule has 0 aromatic heterocycles. The van der Waals surface area contributed by atoms with Gasteiger partial charge in [-0.05, 0) is 5.92 Å². The van der Waals surface area contributed by atoms with E-state index in [1.54, 1.807) is 0 Å². The molecule has 0 saturated carbocycles. The average Bonchev–Trinajstić information content (AvgIpc) is 1.81. The Bertz CT molecular complexity index is 207. The molecule has 78 valence electrons. The topological polar surface area (TPSA) is 93.1 Å². The van der Waals surface area contributed by atoms with E-state index in [4.69, 9.17) is 9.79 Å². The van der Waals surface area contributed by atoms with Gasteiger partial charge in [-0.1, -0.05) is 13.8 Å². The number of esters is 1. The molecule has 0 amide bonds. The van der Waals surface area contributed by atoms with Crippen LogP contribution in [0.25, 0.3) is 0 Å². The molecule has 0 aliphatic rings. The van der Waals surface area contributed by atoms with Crippen LogP contribution in [0.5, 0.6) is 0 Å². The average molecular weight is 212 g/mol. The van der Waals surface area contributed by atoms with Gasteiger partial charge >= 0.3 is 13.8 Å². The largest absolute Gasteiger partial charge is 0.472 e. The summed E-state index contributed by atoms with van der Waals surface area (Å²) in [7, 11) is -4.53. The van der Waals surface area contributed by atoms with Crippen molar-refractivity contribution in [2.75, 3.05) is 6.79 Å². The molecule has 0 spiro atoms. The van der Waals surface area contributed by atoms with Crippen LogP contribution in [-0.4, -0.2) is 22.5 Å². The molecule has 0 fully saturated rings. The maximum atomic E-state index is 10.8. The van der Waals surface area contributed by atoms with Crippen LogP contribution in [0.2, 0.25) is 0 Å². The number of carbonyl (C=O) groups is 1. The van der Waals surface area contributed by atoms with Crippen molar-refractivity contribution in [2.45, 2.75) is 20.3 Å². The van der Waals surface area contributed by atoms with Crippen LogP contribution in [0.1, 0.15) is 20.3 Å². The lowest BCUT2D eigenvalue weighted by atomic mass is 10.1. The maximum absolute atomic E-state index is 10.8. The molecule has 7 heteroatoms. The Kier molecular flexibility index (Phi) is 5.17. The van der Waals surface area contributed by atoms with E-state index in [0.717, 1.165) is 0 Å². The number of rotatable bonds is 5. The zero-order valence-corrected chi connectivity index (χ0v) is 8.36. The first-order valence-corrected chi connectivity index (χ1v) is 5.20. The third kappa shape index (κ3) is 9.49. The summed E-state index contributed by atoms with van der Waals surface area (Å²) in [5, 5.41) is 0. The van der Waals surface area contributed by atoms with E-state index in [1.165, 1.54) is 0 Å². The summed E-state index contributed by atoms with van der Waals surface area (Å²) < 4.78 is 18.4. The molecular weight excluding hydrogens is 199 g/mol. The van der Waals surface area contributed by atoms with Crippen LogP contribution in [0, 0.1) is 5.92 Å². The molecule has 0 aliphatic heterocycles. The Morgan fingerprint density at radius 2 is 2.00 bits per heavy atom. The van der Waals surface area contributed by atoms with Crippen LogP contribution in [0.4, 0.5) is 0 Å². The molecule has 0 bridgehead atoms. The highest BCUT2D eigenvalue weighted by Crippen LogP contribution is 2.35. The Labute approximate surface area is 76.1 Å². The third-order valence-electron chi connectivity index (χ3n) is 1.02. The lowest BCUT2D eigenvalue weighted by Gasteiger charge is -2.07. The van der Waals surface area contributed by atoms with E-state index < -0.39 is 20.6 Å². The zero-order valence-electron chi connectivity index (χ0n) is 7.47. The van der Waals surface area contributed by atoms with E-state index in [0.29, 0.717) is 0 Å². The van der Waals surface area contributed by atoms with Gasteiger partial charge in [-0.25, -0.2) is 9.09 Å². The van der Waals surface area contributed by atoms with Crippen molar-refractivity contribution >= 4 is 13.8 Å². The first-order chi connectivity index (χ1) is 5.81. The normalized spacial score (nSPS) is 11.8. The van der Waals surface area contributed by atoms with Gasteiger partial charge < -0.3 is 14.5 Å². The second-order valence-electron chi connectivity index (χ2n) is 2.85. The predicted octanol–water partition coefficient (Wildman–Crippen LogP) is 0.642. The lowest BCUT2D eigenvalue weighted by molar-refractivity contribution is -0.151. The Balaban J connectivity index is 3.55. The second-order valence-corrected chi connectivity index (χ2v) is 4.09. The standard InChI is InChI=1S/C6H13O6P/c1-5(2)3-6(7)11-4-12-13(8,9)10/h5H,3-4H2,1-2H3,(H2,8,9,10). The van der Waals surface area contributed by atoms with Gasteiger partial charge in [0.15, 0.2) is 0 Å². The molecule has 0 saturated heterocycles. The number of ether oxygens (including phenoxy) is 1. The van der Waals surface area contributed by atoms with Crippen molar-refractivity contribution in [2.24, 2.45) is 5.92 Å². The van der Waals surface area contributed by atoms with Crippen molar-refractivity contribution in [3.05, 3.63) is 0 Å². The number of phosphoric ester groups is 1. The Morgan fingerprint density at radius 3 is 2.38 bits per heavy atom. The van der Waals surface area contributed by atoms with Gasteiger partial charge in [0.2, 0.25) is 6.79 Å². The number of phosphoric acid groups is 1. The molecule has 0 aliphatic carbocycles. The summed E-state index contributed by atoms with van der Waals surface area (Å²) in [6.45, 7) is 2.94. The summed E-state index contributed by atoms with van der Waals surface area (Å²) in [5.41, 5.74) is 0. The molecule has 0 aromatic rings. The monoisotopic (exact) mass is 212 g/mol. The quantitative estimate of drug-likeness (QED) is 0.394. The summed E-state index contributed by atoms with van der Waals surface area (Å²) in [5.74, 6) is -0.397. The number of hydrogen-bond acceptors (Lipinski definition) is 4. The van der Waals surface area contributed by atoms with Gasteiger partial charge in [-0.2, -0.15) is 0 Å². The van der Waals surface area contributed by atoms with Crippen LogP contribution < -0.4 is 0 Å². The molecule has 0 aromatic carbocycles. The van der Waals surface area contributed by atoms with Gasteiger partial charge in [0.1, 0.15) is 0 Å². The summed E-state index contributed by atoms with van der Waals surface area (Å²) in [4.78, 5) is 27.2. The minimum atomic E-state index is -4.53. The molecule has 0 atom stereocenters. The first kappa shape index (κ1) is 12.6. The minimum absolute atomic E-state index is 0.141. The molecule has 2 N–H and O–H groups in total. The van der Waals surface area contributed by atoms with Crippen molar-refractivity contribution in [1.82, 2.24) is 0 Å². The maximum Gasteiger partial charge on any atom is 0.472 e. The smallest absolute Gasteiger partial charge is 0.438 e. The molecule has 0 rings (SSSR count). The van der Waals surface area contributed by atoms with E-state index >= 15 is 0 Å². The zero-order chi connectivity index (χ0) is 10.5. The second kappa shape index (κ2) is 5.34. The predicted molar refractivity (Wildman–Crippen MR) is 43.5 cm³/mol. The molecule has 0 radical (unpaired) electrons. The minimum Gasteiger partial charge on any atom is -0.438 e. The Hall–Kier alpha value is -0.420. The third-order valence-corrected chi connectivity index (χ3v) is 1.46.